The van der Waals surface area contributed by atoms with E-state index in [1.807, 2.05) is 6.92 Å². The van der Waals surface area contributed by atoms with E-state index in [0.29, 0.717) is 12.0 Å². The zero-order valence-corrected chi connectivity index (χ0v) is 12.3. The average molecular weight is 263 g/mol. The molecule has 1 aliphatic rings. The van der Waals surface area contributed by atoms with Crippen molar-refractivity contribution in [3.8, 4) is 0 Å². The van der Waals surface area contributed by atoms with Crippen LogP contribution >= 0.6 is 0 Å². The largest absolute Gasteiger partial charge is 0.336 e. The number of nitrogens with one attached hydrogen (secondary N) is 1. The average Bonchev–Trinajstić information content (AvgIpc) is 3.00. The number of hydrogen-bond acceptors (Lipinski definition) is 2. The monoisotopic (exact) mass is 263 g/mol. The van der Waals surface area contributed by atoms with Gasteiger partial charge in [-0.3, -0.25) is 9.89 Å². The number of aromatic amines is 1. The SMILES string of the molecule is Cc1[nH]ncc1C(=O)N(CCC(C)C)C1CCCC1. The Morgan fingerprint density at radius 1 is 1.47 bits per heavy atom. The summed E-state index contributed by atoms with van der Waals surface area (Å²) in [5, 5.41) is 6.84. The number of aryl methyl sites for hydroxylation is 1. The Bertz CT molecular complexity index is 419. The summed E-state index contributed by atoms with van der Waals surface area (Å²) in [4.78, 5) is 14.8. The fourth-order valence-corrected chi connectivity index (χ4v) is 2.78. The molecule has 0 unspecified atom stereocenters. The van der Waals surface area contributed by atoms with E-state index in [9.17, 15) is 4.79 Å². The van der Waals surface area contributed by atoms with Gasteiger partial charge >= 0.3 is 0 Å². The molecule has 4 nitrogen and oxygen atoms in total. The molecule has 1 fully saturated rings. The summed E-state index contributed by atoms with van der Waals surface area (Å²) < 4.78 is 0. The number of aromatic nitrogens is 2. The van der Waals surface area contributed by atoms with Crippen molar-refractivity contribution >= 4 is 5.91 Å². The van der Waals surface area contributed by atoms with E-state index in [1.165, 1.54) is 12.8 Å². The van der Waals surface area contributed by atoms with Crippen molar-refractivity contribution in [2.45, 2.75) is 58.9 Å². The maximum absolute atomic E-state index is 12.7. The summed E-state index contributed by atoms with van der Waals surface area (Å²) in [5.74, 6) is 0.779. The lowest BCUT2D eigenvalue weighted by Crippen LogP contribution is -2.40. The zero-order valence-electron chi connectivity index (χ0n) is 12.3. The number of hydrogen-bond donors (Lipinski definition) is 1. The molecule has 0 spiro atoms. The van der Waals surface area contributed by atoms with Crippen molar-refractivity contribution in [1.29, 1.82) is 0 Å². The molecule has 0 aromatic carbocycles. The van der Waals surface area contributed by atoms with Gasteiger partial charge in [0.25, 0.3) is 5.91 Å². The molecule has 0 saturated heterocycles. The van der Waals surface area contributed by atoms with E-state index < -0.39 is 0 Å². The quantitative estimate of drug-likeness (QED) is 0.887. The van der Waals surface area contributed by atoms with Crippen molar-refractivity contribution in [3.05, 3.63) is 17.5 Å². The minimum Gasteiger partial charge on any atom is -0.336 e. The lowest BCUT2D eigenvalue weighted by molar-refractivity contribution is 0.0671. The van der Waals surface area contributed by atoms with E-state index >= 15 is 0 Å². The first-order chi connectivity index (χ1) is 9.09. The maximum atomic E-state index is 12.7. The summed E-state index contributed by atoms with van der Waals surface area (Å²) in [6, 6.07) is 0.431. The molecule has 1 heterocycles. The third-order valence-corrected chi connectivity index (χ3v) is 4.03. The zero-order chi connectivity index (χ0) is 13.8. The van der Waals surface area contributed by atoms with Gasteiger partial charge in [-0.05, 0) is 32.1 Å². The normalized spacial score (nSPS) is 16.2. The Kier molecular flexibility index (Phi) is 4.61. The molecule has 0 aliphatic heterocycles. The Morgan fingerprint density at radius 3 is 2.68 bits per heavy atom. The van der Waals surface area contributed by atoms with Gasteiger partial charge in [0.1, 0.15) is 0 Å². The van der Waals surface area contributed by atoms with Crippen LogP contribution in [0.3, 0.4) is 0 Å². The number of amides is 1. The number of carbonyl (C=O) groups is 1. The summed E-state index contributed by atoms with van der Waals surface area (Å²) in [5.41, 5.74) is 1.60. The van der Waals surface area contributed by atoms with Crippen molar-refractivity contribution in [3.63, 3.8) is 0 Å². The molecule has 2 rings (SSSR count). The predicted octanol–water partition coefficient (Wildman–Crippen LogP) is 3.15. The second kappa shape index (κ2) is 6.22. The summed E-state index contributed by atoms with van der Waals surface area (Å²) in [6.45, 7) is 7.20. The van der Waals surface area contributed by atoms with Crippen LogP contribution < -0.4 is 0 Å². The first kappa shape index (κ1) is 14.1. The van der Waals surface area contributed by atoms with Gasteiger partial charge < -0.3 is 4.90 Å². The van der Waals surface area contributed by atoms with Crippen LogP contribution in [0.25, 0.3) is 0 Å². The van der Waals surface area contributed by atoms with Crippen LogP contribution in [0.5, 0.6) is 0 Å². The van der Waals surface area contributed by atoms with Gasteiger partial charge in [0.05, 0.1) is 11.8 Å². The fourth-order valence-electron chi connectivity index (χ4n) is 2.78. The van der Waals surface area contributed by atoms with Gasteiger partial charge in [0.2, 0.25) is 0 Å². The van der Waals surface area contributed by atoms with E-state index in [-0.39, 0.29) is 5.91 Å². The first-order valence-corrected chi connectivity index (χ1v) is 7.40. The first-order valence-electron chi connectivity index (χ1n) is 7.40. The molecular weight excluding hydrogens is 238 g/mol. The number of H-pyrrole nitrogens is 1. The van der Waals surface area contributed by atoms with E-state index in [1.54, 1.807) is 6.20 Å². The lowest BCUT2D eigenvalue weighted by atomic mass is 10.1. The Morgan fingerprint density at radius 2 is 2.16 bits per heavy atom. The van der Waals surface area contributed by atoms with Gasteiger partial charge in [0, 0.05) is 18.3 Å². The Hall–Kier alpha value is -1.32. The highest BCUT2D eigenvalue weighted by atomic mass is 16.2. The molecule has 1 saturated carbocycles. The number of carbonyl (C=O) groups excluding carboxylic acids is 1. The highest BCUT2D eigenvalue weighted by molar-refractivity contribution is 5.95. The highest BCUT2D eigenvalue weighted by Crippen LogP contribution is 2.26. The van der Waals surface area contributed by atoms with Crippen molar-refractivity contribution in [2.75, 3.05) is 6.54 Å². The molecule has 0 bridgehead atoms. The summed E-state index contributed by atoms with van der Waals surface area (Å²) >= 11 is 0. The summed E-state index contributed by atoms with van der Waals surface area (Å²) in [7, 11) is 0. The highest BCUT2D eigenvalue weighted by Gasteiger charge is 2.28. The van der Waals surface area contributed by atoms with Crippen molar-refractivity contribution in [1.82, 2.24) is 15.1 Å². The van der Waals surface area contributed by atoms with E-state index in [4.69, 9.17) is 0 Å². The maximum Gasteiger partial charge on any atom is 0.257 e. The van der Waals surface area contributed by atoms with Crippen LogP contribution in [0, 0.1) is 12.8 Å². The fraction of sp³-hybridized carbons (Fsp3) is 0.733. The van der Waals surface area contributed by atoms with Crippen LogP contribution in [0.2, 0.25) is 0 Å². The molecule has 19 heavy (non-hydrogen) atoms. The third-order valence-electron chi connectivity index (χ3n) is 4.03. The van der Waals surface area contributed by atoms with Crippen LogP contribution in [-0.2, 0) is 0 Å². The molecular formula is C15H25N3O. The smallest absolute Gasteiger partial charge is 0.257 e. The standard InChI is InChI=1S/C15H25N3O/c1-11(2)8-9-18(13-6-4-5-7-13)15(19)14-10-16-17-12(14)3/h10-11,13H,4-9H2,1-3H3,(H,16,17). The van der Waals surface area contributed by atoms with Crippen LogP contribution in [0.4, 0.5) is 0 Å². The second-order valence-corrected chi connectivity index (χ2v) is 6.03. The summed E-state index contributed by atoms with van der Waals surface area (Å²) in [6.07, 6.45) is 7.54. The molecule has 1 aromatic rings. The van der Waals surface area contributed by atoms with Gasteiger partial charge in [-0.2, -0.15) is 5.10 Å². The molecule has 1 amide bonds. The van der Waals surface area contributed by atoms with Gasteiger partial charge in [-0.15, -0.1) is 0 Å². The Labute approximate surface area is 115 Å². The van der Waals surface area contributed by atoms with E-state index in [2.05, 4.69) is 28.9 Å². The third kappa shape index (κ3) is 3.37. The number of nitrogens with zero attached hydrogens (tertiary/aromatic N) is 2. The molecule has 106 valence electrons. The van der Waals surface area contributed by atoms with Crippen molar-refractivity contribution < 1.29 is 4.79 Å². The van der Waals surface area contributed by atoms with Crippen molar-refractivity contribution in [2.24, 2.45) is 5.92 Å². The molecule has 1 aliphatic carbocycles. The molecule has 1 N–H and O–H groups in total. The van der Waals surface area contributed by atoms with Crippen LogP contribution in [0.15, 0.2) is 6.20 Å². The molecule has 4 heteroatoms. The molecule has 0 radical (unpaired) electrons. The second-order valence-electron chi connectivity index (χ2n) is 6.03. The predicted molar refractivity (Wildman–Crippen MR) is 76.1 cm³/mol. The van der Waals surface area contributed by atoms with Crippen LogP contribution in [-0.4, -0.2) is 33.6 Å². The van der Waals surface area contributed by atoms with E-state index in [0.717, 1.165) is 37.1 Å². The van der Waals surface area contributed by atoms with Gasteiger partial charge in [-0.25, -0.2) is 0 Å². The molecule has 1 aromatic heterocycles. The van der Waals surface area contributed by atoms with Gasteiger partial charge in [0.15, 0.2) is 0 Å². The number of rotatable bonds is 5. The van der Waals surface area contributed by atoms with Gasteiger partial charge in [-0.1, -0.05) is 26.7 Å². The molecule has 0 atom stereocenters. The van der Waals surface area contributed by atoms with Crippen LogP contribution in [0.1, 0.15) is 62.0 Å². The topological polar surface area (TPSA) is 49.0 Å². The minimum absolute atomic E-state index is 0.152. The Balaban J connectivity index is 2.11. The lowest BCUT2D eigenvalue weighted by Gasteiger charge is -2.29. The minimum atomic E-state index is 0.152.